The number of alkyl halides is 3. The van der Waals surface area contributed by atoms with Crippen LogP contribution in [0, 0.1) is 4.91 Å². The molecule has 0 aliphatic rings. The molecule has 0 N–H and O–H groups in total. The van der Waals surface area contributed by atoms with E-state index >= 15 is 0 Å². The van der Waals surface area contributed by atoms with Gasteiger partial charge in [-0.25, -0.2) is 4.21 Å². The van der Waals surface area contributed by atoms with Gasteiger partial charge in [-0.2, -0.15) is 13.2 Å². The van der Waals surface area contributed by atoms with Crippen molar-refractivity contribution in [1.29, 1.82) is 0 Å². The molecule has 48 valence electrons. The van der Waals surface area contributed by atoms with E-state index in [-0.39, 0.29) is 0 Å². The number of nitrogens with zero attached hydrogens (tertiary/aromatic N) is 1. The second kappa shape index (κ2) is 2.21. The lowest BCUT2D eigenvalue weighted by atomic mass is 11.6. The van der Waals surface area contributed by atoms with E-state index in [4.69, 9.17) is 4.91 Å². The second-order valence-electron chi connectivity index (χ2n) is 0.769. The molecule has 0 radical (unpaired) electrons. The van der Waals surface area contributed by atoms with Gasteiger partial charge < -0.3 is 0 Å². The zero-order valence-electron chi connectivity index (χ0n) is 3.31. The zero-order valence-corrected chi connectivity index (χ0v) is 4.12. The maximum atomic E-state index is 10.9. The molecule has 0 heterocycles. The summed E-state index contributed by atoms with van der Waals surface area (Å²) in [6, 6.07) is 0. The topological polar surface area (TPSA) is 46.5 Å². The summed E-state index contributed by atoms with van der Waals surface area (Å²) >= 11 is 0. The highest BCUT2D eigenvalue weighted by molar-refractivity contribution is 7.84. The van der Waals surface area contributed by atoms with Gasteiger partial charge in [0, 0.05) is 4.58 Å². The van der Waals surface area contributed by atoms with Crippen LogP contribution in [0.15, 0.2) is 4.58 Å². The molecule has 0 aromatic carbocycles. The van der Waals surface area contributed by atoms with Gasteiger partial charge in [0.15, 0.2) is 0 Å². The monoisotopic (exact) mass is 147 g/mol. The van der Waals surface area contributed by atoms with Gasteiger partial charge in [0.05, 0.1) is 0 Å². The summed E-state index contributed by atoms with van der Waals surface area (Å²) in [7, 11) is -3.57. The normalized spacial score (nSPS) is 15.4. The Morgan fingerprint density at radius 1 is 1.38 bits per heavy atom. The number of hydrogen-bond donors (Lipinski definition) is 0. The summed E-state index contributed by atoms with van der Waals surface area (Å²) < 4.78 is 43.2. The van der Waals surface area contributed by atoms with E-state index in [9.17, 15) is 17.4 Å². The third-order valence-electron chi connectivity index (χ3n) is 0.266. The highest BCUT2D eigenvalue weighted by Crippen LogP contribution is 2.19. The van der Waals surface area contributed by atoms with Gasteiger partial charge >= 0.3 is 5.51 Å². The van der Waals surface area contributed by atoms with Gasteiger partial charge in [-0.3, -0.25) is 0 Å². The van der Waals surface area contributed by atoms with Crippen molar-refractivity contribution in [3.8, 4) is 0 Å². The Balaban J connectivity index is 4.02. The fraction of sp³-hybridized carbons (Fsp3) is 1.00. The molecule has 0 fully saturated rings. The van der Waals surface area contributed by atoms with Crippen molar-refractivity contribution in [2.75, 3.05) is 0 Å². The Hall–Kier alpha value is -0.460. The lowest BCUT2D eigenvalue weighted by Crippen LogP contribution is -2.12. The Morgan fingerprint density at radius 3 is 1.75 bits per heavy atom. The van der Waals surface area contributed by atoms with E-state index in [0.29, 0.717) is 0 Å². The van der Waals surface area contributed by atoms with Crippen molar-refractivity contribution in [2.24, 2.45) is 4.58 Å². The summed E-state index contributed by atoms with van der Waals surface area (Å²) in [6.07, 6.45) is 0. The fourth-order valence-corrected chi connectivity index (χ4v) is 0.127. The van der Waals surface area contributed by atoms with Crippen LogP contribution in [0.3, 0.4) is 0 Å². The van der Waals surface area contributed by atoms with Crippen molar-refractivity contribution in [2.45, 2.75) is 5.51 Å². The molecular formula is CF3NO2S. The minimum atomic E-state index is -5.00. The highest BCUT2D eigenvalue weighted by atomic mass is 32.2. The van der Waals surface area contributed by atoms with Crippen molar-refractivity contribution in [1.82, 2.24) is 0 Å². The molecule has 3 nitrogen and oxygen atoms in total. The molecule has 0 saturated carbocycles. The standard InChI is InChI=1S/CF3NO2S/c2-1(3,4)8(7)5-6. The highest BCUT2D eigenvalue weighted by Gasteiger charge is 2.38. The van der Waals surface area contributed by atoms with E-state index in [2.05, 4.69) is 0 Å². The van der Waals surface area contributed by atoms with Gasteiger partial charge in [0.2, 0.25) is 0 Å². The quantitative estimate of drug-likeness (QED) is 0.518. The minimum Gasteiger partial charge on any atom is -0.222 e. The molecule has 1 unspecified atom stereocenters. The Kier molecular flexibility index (Phi) is 2.08. The smallest absolute Gasteiger partial charge is 0.222 e. The minimum absolute atomic E-state index is 1.26. The van der Waals surface area contributed by atoms with Crippen LogP contribution in [0.25, 0.3) is 0 Å². The SMILES string of the molecule is O=NS(=O)C(F)(F)F. The first-order valence-corrected chi connectivity index (χ1v) is 2.41. The first-order valence-electron chi connectivity index (χ1n) is 1.30. The molecule has 0 bridgehead atoms. The zero-order chi connectivity index (χ0) is 6.78. The van der Waals surface area contributed by atoms with Crippen LogP contribution in [0.4, 0.5) is 13.2 Å². The van der Waals surface area contributed by atoms with Crippen LogP contribution in [-0.2, 0) is 11.0 Å². The average molecular weight is 147 g/mol. The lowest BCUT2D eigenvalue weighted by Gasteiger charge is -1.93. The third kappa shape index (κ3) is 2.01. The molecule has 0 spiro atoms. The fourth-order valence-electron chi connectivity index (χ4n) is 0.0423. The maximum absolute atomic E-state index is 10.9. The predicted molar refractivity (Wildman–Crippen MR) is 20.0 cm³/mol. The Bertz CT molecular complexity index is 119. The van der Waals surface area contributed by atoms with Crippen LogP contribution in [0.2, 0.25) is 0 Å². The number of halogens is 3. The summed E-state index contributed by atoms with van der Waals surface area (Å²) in [5, 5.41) is 0. The molecule has 0 aliphatic heterocycles. The predicted octanol–water partition coefficient (Wildman–Crippen LogP) is 0.936. The molecule has 7 heteroatoms. The summed E-state index contributed by atoms with van der Waals surface area (Å²) in [4.78, 5) is 8.88. The van der Waals surface area contributed by atoms with Crippen molar-refractivity contribution in [3.05, 3.63) is 4.91 Å². The molecule has 0 aromatic heterocycles. The third-order valence-corrected chi connectivity index (χ3v) is 0.797. The van der Waals surface area contributed by atoms with E-state index in [1.54, 1.807) is 0 Å². The Morgan fingerprint density at radius 2 is 1.75 bits per heavy atom. The summed E-state index contributed by atoms with van der Waals surface area (Å²) in [6.45, 7) is 0. The Labute approximate surface area is 44.4 Å². The van der Waals surface area contributed by atoms with Crippen molar-refractivity contribution < 1.29 is 17.4 Å². The van der Waals surface area contributed by atoms with Gasteiger partial charge in [-0.05, 0) is 0 Å². The first-order chi connectivity index (χ1) is 3.48. The summed E-state index contributed by atoms with van der Waals surface area (Å²) in [5.74, 6) is 0. The van der Waals surface area contributed by atoms with Gasteiger partial charge in [-0.1, -0.05) is 0 Å². The second-order valence-corrected chi connectivity index (χ2v) is 1.88. The van der Waals surface area contributed by atoms with E-state index in [0.717, 1.165) is 0 Å². The van der Waals surface area contributed by atoms with E-state index in [1.807, 2.05) is 0 Å². The van der Waals surface area contributed by atoms with Crippen LogP contribution >= 0.6 is 0 Å². The molecule has 0 aromatic rings. The molecule has 1 atom stereocenters. The van der Waals surface area contributed by atoms with Gasteiger partial charge in [-0.15, -0.1) is 4.91 Å². The van der Waals surface area contributed by atoms with Crippen LogP contribution < -0.4 is 0 Å². The molecule has 0 saturated heterocycles. The van der Waals surface area contributed by atoms with Crippen LogP contribution in [-0.4, -0.2) is 9.72 Å². The number of nitroso groups, excluding NO2 is 1. The number of rotatable bonds is 1. The van der Waals surface area contributed by atoms with Crippen molar-refractivity contribution in [3.63, 3.8) is 0 Å². The van der Waals surface area contributed by atoms with Gasteiger partial charge in [0.25, 0.3) is 11.0 Å². The molecule has 0 aliphatic carbocycles. The van der Waals surface area contributed by atoms with E-state index < -0.39 is 16.5 Å². The number of hydrogen-bond acceptors (Lipinski definition) is 2. The average Bonchev–Trinajstić information content (AvgIpc) is 1.62. The van der Waals surface area contributed by atoms with Crippen LogP contribution in [0.5, 0.6) is 0 Å². The summed E-state index contributed by atoms with van der Waals surface area (Å²) in [5.41, 5.74) is -5.00. The van der Waals surface area contributed by atoms with Crippen molar-refractivity contribution >= 4 is 11.0 Å². The molecule has 0 rings (SSSR count). The largest absolute Gasteiger partial charge is 0.495 e. The first kappa shape index (κ1) is 7.54. The molecule has 0 amide bonds. The van der Waals surface area contributed by atoms with Crippen LogP contribution in [0.1, 0.15) is 0 Å². The van der Waals surface area contributed by atoms with Gasteiger partial charge in [0.1, 0.15) is 0 Å². The molecular weight excluding hydrogens is 147 g/mol. The van der Waals surface area contributed by atoms with E-state index in [1.165, 1.54) is 4.58 Å². The lowest BCUT2D eigenvalue weighted by molar-refractivity contribution is -0.0384. The molecule has 8 heavy (non-hydrogen) atoms. The maximum Gasteiger partial charge on any atom is 0.495 e.